The largest absolute Gasteiger partial charge is 0.490 e. The summed E-state index contributed by atoms with van der Waals surface area (Å²) in [6.45, 7) is 4.61. The molecular weight excluding hydrogens is 480 g/mol. The number of amides is 1. The summed E-state index contributed by atoms with van der Waals surface area (Å²) in [5.41, 5.74) is 6.19. The number of ether oxygens (including phenoxy) is 2. The third kappa shape index (κ3) is 4.93. The minimum Gasteiger partial charge on any atom is -0.490 e. The van der Waals surface area contributed by atoms with Crippen molar-refractivity contribution in [2.45, 2.75) is 49.9 Å². The van der Waals surface area contributed by atoms with Gasteiger partial charge >= 0.3 is 0 Å². The molecule has 0 spiro atoms. The quantitative estimate of drug-likeness (QED) is 0.508. The maximum atomic E-state index is 15.3. The summed E-state index contributed by atoms with van der Waals surface area (Å²) in [5, 5.41) is 0.343. The fourth-order valence-corrected chi connectivity index (χ4v) is 6.71. The van der Waals surface area contributed by atoms with Gasteiger partial charge < -0.3 is 15.2 Å². The summed E-state index contributed by atoms with van der Waals surface area (Å²) in [6, 6.07) is 9.79. The van der Waals surface area contributed by atoms with Crippen LogP contribution in [-0.2, 0) is 21.4 Å². The van der Waals surface area contributed by atoms with Crippen LogP contribution in [0.5, 0.6) is 5.75 Å². The van der Waals surface area contributed by atoms with Crippen LogP contribution < -0.4 is 10.5 Å². The first-order chi connectivity index (χ1) is 16.2. The van der Waals surface area contributed by atoms with E-state index >= 15 is 4.39 Å². The lowest BCUT2D eigenvalue weighted by atomic mass is 9.60. The zero-order chi connectivity index (χ0) is 24.5. The Bertz CT molecular complexity index is 1040. The maximum absolute atomic E-state index is 15.3. The van der Waals surface area contributed by atoms with Crippen LogP contribution in [0.3, 0.4) is 0 Å². The van der Waals surface area contributed by atoms with Crippen molar-refractivity contribution in [1.29, 1.82) is 0 Å². The van der Waals surface area contributed by atoms with Gasteiger partial charge in [0.15, 0.2) is 11.6 Å². The van der Waals surface area contributed by atoms with Crippen molar-refractivity contribution in [2.75, 3.05) is 19.0 Å². The molecule has 1 unspecified atom stereocenters. The average Bonchev–Trinajstić information content (AvgIpc) is 2.79. The highest BCUT2D eigenvalue weighted by molar-refractivity contribution is 8.00. The molecule has 0 radical (unpaired) electrons. The summed E-state index contributed by atoms with van der Waals surface area (Å²) in [5.74, 6) is -0.706. The third-order valence-electron chi connectivity index (χ3n) is 7.02. The highest BCUT2D eigenvalue weighted by Crippen LogP contribution is 2.53. The first-order valence-corrected chi connectivity index (χ1v) is 13.0. The van der Waals surface area contributed by atoms with Crippen LogP contribution in [0.2, 0.25) is 5.02 Å². The molecule has 2 aromatic carbocycles. The Balaban J connectivity index is 1.66. The van der Waals surface area contributed by atoms with Crippen molar-refractivity contribution in [2.24, 2.45) is 17.6 Å². The van der Waals surface area contributed by atoms with E-state index in [-0.39, 0.29) is 41.5 Å². The van der Waals surface area contributed by atoms with Crippen LogP contribution in [0.25, 0.3) is 0 Å². The molecule has 2 aliphatic heterocycles. The summed E-state index contributed by atoms with van der Waals surface area (Å²) in [4.78, 5) is 11.8. The van der Waals surface area contributed by atoms with Gasteiger partial charge in [-0.3, -0.25) is 4.79 Å². The highest BCUT2D eigenvalue weighted by atomic mass is 35.5. The Labute approximate surface area is 208 Å². The van der Waals surface area contributed by atoms with E-state index in [4.69, 9.17) is 26.8 Å². The predicted octanol–water partition coefficient (Wildman–Crippen LogP) is 5.53. The Morgan fingerprint density at radius 3 is 2.59 bits per heavy atom. The van der Waals surface area contributed by atoms with Gasteiger partial charge in [0.1, 0.15) is 5.82 Å². The minimum atomic E-state index is -0.678. The van der Waals surface area contributed by atoms with Crippen molar-refractivity contribution >= 4 is 29.3 Å². The minimum absolute atomic E-state index is 0.00818. The molecule has 2 heterocycles. The molecule has 0 aliphatic carbocycles. The van der Waals surface area contributed by atoms with Crippen LogP contribution in [0.15, 0.2) is 36.4 Å². The lowest BCUT2D eigenvalue weighted by Crippen LogP contribution is -2.55. The number of carbonyl (C=O) groups excluding carboxylic acids is 1. The lowest BCUT2D eigenvalue weighted by Gasteiger charge is -2.51. The van der Waals surface area contributed by atoms with Gasteiger partial charge in [-0.1, -0.05) is 37.6 Å². The van der Waals surface area contributed by atoms with Crippen molar-refractivity contribution in [1.82, 2.24) is 0 Å². The van der Waals surface area contributed by atoms with Gasteiger partial charge in [0.05, 0.1) is 18.0 Å². The first-order valence-electron chi connectivity index (χ1n) is 11.6. The SMILES string of the molecule is CC(C)C(SCC[C@@H]1OCC[C@@]2(Cc3ccc(Cl)cc3)c3c(F)ccc(F)c3OC[C@@H]12)C(N)=O. The summed E-state index contributed by atoms with van der Waals surface area (Å²) in [6.07, 6.45) is 1.51. The molecule has 1 saturated heterocycles. The number of fused-ring (bicyclic) bond motifs is 3. The zero-order valence-electron chi connectivity index (χ0n) is 19.4. The highest BCUT2D eigenvalue weighted by Gasteiger charge is 2.53. The molecule has 0 bridgehead atoms. The molecule has 2 aliphatic rings. The standard InChI is InChI=1S/C26H30ClF2NO3S/c1-15(2)24(25(30)31)34-12-9-21-18-14-33-23-20(29)8-7-19(28)22(23)26(18,10-11-32-21)13-16-3-5-17(27)6-4-16/h3-8,15,18,21,24H,9-14H2,1-2H3,(H2,30,31)/t18-,21-,24?,26-/m0/s1. The second-order valence-electron chi connectivity index (χ2n) is 9.50. The Kier molecular flexibility index (Phi) is 7.75. The molecular formula is C26H30ClF2NO3S. The Morgan fingerprint density at radius 1 is 1.21 bits per heavy atom. The predicted molar refractivity (Wildman–Crippen MR) is 131 cm³/mol. The molecule has 0 aromatic heterocycles. The van der Waals surface area contributed by atoms with Crippen molar-refractivity contribution in [3.8, 4) is 5.75 Å². The first kappa shape index (κ1) is 25.3. The number of benzene rings is 2. The van der Waals surface area contributed by atoms with Crippen LogP contribution in [0.4, 0.5) is 8.78 Å². The third-order valence-corrected chi connectivity index (χ3v) is 8.88. The average molecular weight is 510 g/mol. The van der Waals surface area contributed by atoms with E-state index in [1.54, 1.807) is 0 Å². The van der Waals surface area contributed by atoms with Gasteiger partial charge in [-0.25, -0.2) is 8.78 Å². The van der Waals surface area contributed by atoms with E-state index in [1.165, 1.54) is 17.8 Å². The summed E-state index contributed by atoms with van der Waals surface area (Å²) in [7, 11) is 0. The van der Waals surface area contributed by atoms with Gasteiger partial charge in [-0.15, -0.1) is 11.8 Å². The maximum Gasteiger partial charge on any atom is 0.230 e. The number of carbonyl (C=O) groups is 1. The molecule has 4 rings (SSSR count). The number of nitrogens with two attached hydrogens (primary N) is 1. The van der Waals surface area contributed by atoms with Crippen LogP contribution in [0, 0.1) is 23.5 Å². The number of rotatable bonds is 8. The fourth-order valence-electron chi connectivity index (χ4n) is 5.41. The number of hydrogen-bond acceptors (Lipinski definition) is 4. The lowest BCUT2D eigenvalue weighted by molar-refractivity contribution is -0.118. The zero-order valence-corrected chi connectivity index (χ0v) is 20.9. The molecule has 4 nitrogen and oxygen atoms in total. The number of halogens is 3. The molecule has 4 atom stereocenters. The normalized spacial score (nSPS) is 24.8. The molecule has 1 fully saturated rings. The second-order valence-corrected chi connectivity index (χ2v) is 11.2. The van der Waals surface area contributed by atoms with Gasteiger partial charge in [-0.05, 0) is 60.8 Å². The van der Waals surface area contributed by atoms with E-state index < -0.39 is 17.0 Å². The fraction of sp³-hybridized carbons (Fsp3) is 0.500. The molecule has 2 N–H and O–H groups in total. The smallest absolute Gasteiger partial charge is 0.230 e. The second kappa shape index (κ2) is 10.4. The molecule has 2 aromatic rings. The van der Waals surface area contributed by atoms with E-state index in [0.29, 0.717) is 42.2 Å². The van der Waals surface area contributed by atoms with Crippen molar-refractivity contribution in [3.05, 3.63) is 64.2 Å². The van der Waals surface area contributed by atoms with Crippen LogP contribution in [-0.4, -0.2) is 36.2 Å². The van der Waals surface area contributed by atoms with Crippen LogP contribution in [0.1, 0.15) is 37.8 Å². The van der Waals surface area contributed by atoms with Gasteiger partial charge in [-0.2, -0.15) is 0 Å². The van der Waals surface area contributed by atoms with E-state index in [9.17, 15) is 9.18 Å². The topological polar surface area (TPSA) is 61.6 Å². The number of thioether (sulfide) groups is 1. The van der Waals surface area contributed by atoms with Gasteiger partial charge in [0.25, 0.3) is 0 Å². The van der Waals surface area contributed by atoms with Crippen molar-refractivity contribution in [3.63, 3.8) is 0 Å². The van der Waals surface area contributed by atoms with Crippen molar-refractivity contribution < 1.29 is 23.0 Å². The Hall–Kier alpha value is -1.83. The van der Waals surface area contributed by atoms with Gasteiger partial charge in [0.2, 0.25) is 5.91 Å². The summed E-state index contributed by atoms with van der Waals surface area (Å²) >= 11 is 7.61. The van der Waals surface area contributed by atoms with E-state index in [0.717, 1.165) is 11.6 Å². The summed E-state index contributed by atoms with van der Waals surface area (Å²) < 4.78 is 42.1. The molecule has 8 heteroatoms. The molecule has 1 amide bonds. The van der Waals surface area contributed by atoms with Crippen LogP contribution >= 0.6 is 23.4 Å². The van der Waals surface area contributed by atoms with E-state index in [2.05, 4.69) is 0 Å². The molecule has 34 heavy (non-hydrogen) atoms. The molecule has 184 valence electrons. The monoisotopic (exact) mass is 509 g/mol. The Morgan fingerprint density at radius 2 is 1.91 bits per heavy atom. The van der Waals surface area contributed by atoms with E-state index in [1.807, 2.05) is 38.1 Å². The van der Waals surface area contributed by atoms with Gasteiger partial charge in [0, 0.05) is 28.5 Å². The number of hydrogen-bond donors (Lipinski definition) is 1. The number of primary amides is 1. The molecule has 0 saturated carbocycles.